The van der Waals surface area contributed by atoms with Crippen molar-refractivity contribution in [3.05, 3.63) is 24.2 Å². The molecule has 1 aliphatic heterocycles. The number of nitrogens with one attached hydrogen (secondary N) is 2. The molecule has 1 fully saturated rings. The molecule has 2 heterocycles. The van der Waals surface area contributed by atoms with Gasteiger partial charge < -0.3 is 9.73 Å². The summed E-state index contributed by atoms with van der Waals surface area (Å²) in [6, 6.07) is 3.06. The molecule has 0 saturated carbocycles. The topological polar surface area (TPSA) is 71.3 Å². The van der Waals surface area contributed by atoms with Crippen molar-refractivity contribution >= 4 is 11.9 Å². The van der Waals surface area contributed by atoms with E-state index >= 15 is 0 Å². The average molecular weight is 194 g/mol. The second-order valence-corrected chi connectivity index (χ2v) is 3.50. The van der Waals surface area contributed by atoms with E-state index in [9.17, 15) is 9.59 Å². The minimum atomic E-state index is -0.894. The van der Waals surface area contributed by atoms with Gasteiger partial charge in [-0.1, -0.05) is 0 Å². The molecule has 5 heteroatoms. The van der Waals surface area contributed by atoms with Gasteiger partial charge in [-0.2, -0.15) is 0 Å². The van der Waals surface area contributed by atoms with Crippen molar-refractivity contribution in [3.8, 4) is 0 Å². The third-order valence-corrected chi connectivity index (χ3v) is 2.23. The molecule has 2 N–H and O–H groups in total. The van der Waals surface area contributed by atoms with Gasteiger partial charge in [-0.25, -0.2) is 4.79 Å². The van der Waals surface area contributed by atoms with Gasteiger partial charge in [-0.05, 0) is 19.1 Å². The largest absolute Gasteiger partial charge is 0.469 e. The molecule has 1 saturated heterocycles. The van der Waals surface area contributed by atoms with Gasteiger partial charge >= 0.3 is 6.03 Å². The highest BCUT2D eigenvalue weighted by Gasteiger charge is 2.42. The molecule has 0 aromatic carbocycles. The van der Waals surface area contributed by atoms with Gasteiger partial charge in [-0.15, -0.1) is 0 Å². The standard InChI is InChI=1S/C9H10N2O3/c1-9(5-6-3-2-4-14-6)7(12)10-8(13)11-9/h2-4H,5H2,1H3,(H2,10,11,12,13). The summed E-state index contributed by atoms with van der Waals surface area (Å²) in [5.41, 5.74) is -0.894. The van der Waals surface area contributed by atoms with Crippen molar-refractivity contribution < 1.29 is 14.0 Å². The first-order valence-electron chi connectivity index (χ1n) is 4.26. The van der Waals surface area contributed by atoms with E-state index in [0.29, 0.717) is 12.2 Å². The molecule has 5 nitrogen and oxygen atoms in total. The highest BCUT2D eigenvalue weighted by atomic mass is 16.3. The number of carbonyl (C=O) groups is 2. The average Bonchev–Trinajstić information content (AvgIpc) is 2.62. The number of rotatable bonds is 2. The zero-order valence-corrected chi connectivity index (χ0v) is 7.66. The first-order chi connectivity index (χ1) is 6.60. The molecule has 14 heavy (non-hydrogen) atoms. The summed E-state index contributed by atoms with van der Waals surface area (Å²) in [4.78, 5) is 22.3. The summed E-state index contributed by atoms with van der Waals surface area (Å²) in [5, 5.41) is 4.75. The zero-order chi connectivity index (χ0) is 10.2. The second kappa shape index (κ2) is 2.87. The fraction of sp³-hybridized carbons (Fsp3) is 0.333. The molecule has 0 radical (unpaired) electrons. The van der Waals surface area contributed by atoms with Crippen LogP contribution in [0.25, 0.3) is 0 Å². The molecule has 2 rings (SSSR count). The summed E-state index contributed by atoms with van der Waals surface area (Å²) in [6.07, 6.45) is 1.89. The Morgan fingerprint density at radius 2 is 2.29 bits per heavy atom. The third kappa shape index (κ3) is 1.37. The van der Waals surface area contributed by atoms with Crippen molar-refractivity contribution in [2.75, 3.05) is 0 Å². The third-order valence-electron chi connectivity index (χ3n) is 2.23. The highest BCUT2D eigenvalue weighted by molar-refractivity contribution is 6.06. The summed E-state index contributed by atoms with van der Waals surface area (Å²) < 4.78 is 5.11. The van der Waals surface area contributed by atoms with E-state index in [4.69, 9.17) is 4.42 Å². The van der Waals surface area contributed by atoms with Crippen molar-refractivity contribution in [2.24, 2.45) is 0 Å². The smallest absolute Gasteiger partial charge is 0.322 e. The number of furan rings is 1. The summed E-state index contributed by atoms with van der Waals surface area (Å²) in [7, 11) is 0. The number of imide groups is 1. The Morgan fingerprint density at radius 1 is 1.50 bits per heavy atom. The molecule has 1 aromatic heterocycles. The Kier molecular flexibility index (Phi) is 1.80. The summed E-state index contributed by atoms with van der Waals surface area (Å²) >= 11 is 0. The van der Waals surface area contributed by atoms with Crippen LogP contribution in [0.2, 0.25) is 0 Å². The predicted molar refractivity (Wildman–Crippen MR) is 47.5 cm³/mol. The van der Waals surface area contributed by atoms with Crippen LogP contribution < -0.4 is 10.6 Å². The molecule has 0 spiro atoms. The fourth-order valence-electron chi connectivity index (χ4n) is 1.47. The monoisotopic (exact) mass is 194 g/mol. The number of urea groups is 1. The van der Waals surface area contributed by atoms with Crippen molar-refractivity contribution in [1.29, 1.82) is 0 Å². The van der Waals surface area contributed by atoms with E-state index in [1.165, 1.54) is 6.26 Å². The minimum absolute atomic E-state index is 0.320. The number of hydrogen-bond acceptors (Lipinski definition) is 3. The predicted octanol–water partition coefficient (Wildman–Crippen LogP) is 0.420. The van der Waals surface area contributed by atoms with Gasteiger partial charge in [0.15, 0.2) is 0 Å². The van der Waals surface area contributed by atoms with Crippen LogP contribution in [0.1, 0.15) is 12.7 Å². The van der Waals surface area contributed by atoms with E-state index in [1.807, 2.05) is 0 Å². The summed E-state index contributed by atoms with van der Waals surface area (Å²) in [6.45, 7) is 1.66. The maximum Gasteiger partial charge on any atom is 0.322 e. The summed E-state index contributed by atoms with van der Waals surface area (Å²) in [5.74, 6) is 0.351. The number of hydrogen-bond donors (Lipinski definition) is 2. The van der Waals surface area contributed by atoms with Crippen LogP contribution in [-0.2, 0) is 11.2 Å². The molecule has 3 amide bonds. The SMILES string of the molecule is CC1(Cc2ccco2)NC(=O)NC1=O. The van der Waals surface area contributed by atoms with Gasteiger partial charge in [0.2, 0.25) is 0 Å². The Bertz CT molecular complexity index is 371. The van der Waals surface area contributed by atoms with Crippen molar-refractivity contribution in [2.45, 2.75) is 18.9 Å². The van der Waals surface area contributed by atoms with E-state index in [-0.39, 0.29) is 5.91 Å². The van der Waals surface area contributed by atoms with Gasteiger partial charge in [0, 0.05) is 6.42 Å². The maximum atomic E-state index is 11.4. The first-order valence-corrected chi connectivity index (χ1v) is 4.26. The molecule has 1 aromatic rings. The van der Waals surface area contributed by atoms with Crippen LogP contribution >= 0.6 is 0 Å². The van der Waals surface area contributed by atoms with Gasteiger partial charge in [0.05, 0.1) is 6.26 Å². The van der Waals surface area contributed by atoms with Gasteiger partial charge in [0.25, 0.3) is 5.91 Å². The first kappa shape index (κ1) is 8.80. The van der Waals surface area contributed by atoms with Crippen LogP contribution in [0.4, 0.5) is 4.79 Å². The lowest BCUT2D eigenvalue weighted by Gasteiger charge is -2.18. The lowest BCUT2D eigenvalue weighted by atomic mass is 9.97. The van der Waals surface area contributed by atoms with E-state index < -0.39 is 11.6 Å². The van der Waals surface area contributed by atoms with Crippen molar-refractivity contribution in [1.82, 2.24) is 10.6 Å². The van der Waals surface area contributed by atoms with Crippen molar-refractivity contribution in [3.63, 3.8) is 0 Å². The van der Waals surface area contributed by atoms with E-state index in [2.05, 4.69) is 10.6 Å². The van der Waals surface area contributed by atoms with Gasteiger partial charge in [0.1, 0.15) is 11.3 Å². The number of amides is 3. The highest BCUT2D eigenvalue weighted by Crippen LogP contribution is 2.16. The Balaban J connectivity index is 2.17. The van der Waals surface area contributed by atoms with Crippen LogP contribution in [-0.4, -0.2) is 17.5 Å². The van der Waals surface area contributed by atoms with Crippen LogP contribution in [0.15, 0.2) is 22.8 Å². The Labute approximate surface area is 80.5 Å². The lowest BCUT2D eigenvalue weighted by Crippen LogP contribution is -2.45. The zero-order valence-electron chi connectivity index (χ0n) is 7.66. The molecule has 1 atom stereocenters. The molecule has 74 valence electrons. The van der Waals surface area contributed by atoms with Crippen LogP contribution in [0.3, 0.4) is 0 Å². The van der Waals surface area contributed by atoms with E-state index in [1.54, 1.807) is 19.1 Å². The quantitative estimate of drug-likeness (QED) is 0.670. The van der Waals surface area contributed by atoms with Crippen LogP contribution in [0.5, 0.6) is 0 Å². The minimum Gasteiger partial charge on any atom is -0.469 e. The molecule has 1 unspecified atom stereocenters. The normalized spacial score (nSPS) is 26.1. The molecule has 0 bridgehead atoms. The van der Waals surface area contributed by atoms with Crippen LogP contribution in [0, 0.1) is 0 Å². The molecule has 1 aliphatic rings. The fourth-order valence-corrected chi connectivity index (χ4v) is 1.47. The Hall–Kier alpha value is -1.78. The molecular weight excluding hydrogens is 184 g/mol. The lowest BCUT2D eigenvalue weighted by molar-refractivity contribution is -0.123. The van der Waals surface area contributed by atoms with E-state index in [0.717, 1.165) is 0 Å². The van der Waals surface area contributed by atoms with Gasteiger partial charge in [-0.3, -0.25) is 10.1 Å². The second-order valence-electron chi connectivity index (χ2n) is 3.50. The molecule has 0 aliphatic carbocycles. The maximum absolute atomic E-state index is 11.4. The molecular formula is C9H10N2O3. The number of carbonyl (C=O) groups excluding carboxylic acids is 2. The Morgan fingerprint density at radius 3 is 2.79 bits per heavy atom.